The molecule has 1 aromatic carbocycles. The van der Waals surface area contributed by atoms with Gasteiger partial charge in [0.15, 0.2) is 5.82 Å². The van der Waals surface area contributed by atoms with Crippen molar-refractivity contribution in [2.24, 2.45) is 0 Å². The molecule has 1 amide bonds. The molecule has 0 bridgehead atoms. The second kappa shape index (κ2) is 7.48. The molecule has 0 radical (unpaired) electrons. The lowest BCUT2D eigenvalue weighted by molar-refractivity contribution is -0.141. The Morgan fingerprint density at radius 3 is 2.71 bits per heavy atom. The van der Waals surface area contributed by atoms with Crippen LogP contribution in [0.1, 0.15) is 12.8 Å². The second-order valence-corrected chi connectivity index (χ2v) is 7.99. The third-order valence-electron chi connectivity index (χ3n) is 5.46. The van der Waals surface area contributed by atoms with Gasteiger partial charge in [0.05, 0.1) is 5.52 Å². The number of carbonyl (C=O) groups is 1. The Kier molecular flexibility index (Phi) is 4.70. The van der Waals surface area contributed by atoms with E-state index in [1.807, 2.05) is 28.5 Å². The molecule has 0 N–H and O–H groups in total. The van der Waals surface area contributed by atoms with E-state index < -0.39 is 0 Å². The van der Waals surface area contributed by atoms with Gasteiger partial charge in [0, 0.05) is 49.1 Å². The van der Waals surface area contributed by atoms with Crippen molar-refractivity contribution >= 4 is 34.0 Å². The third-order valence-corrected chi connectivity index (χ3v) is 6.14. The SMILES string of the molecule is O=C(C1CCCO1)N1CCN(c2nc(-c3ccsc3)nc3ccccc23)CC1. The van der Waals surface area contributed by atoms with Gasteiger partial charge in [-0.15, -0.1) is 0 Å². The standard InChI is InChI=1S/C21H22N4O2S/c26-21(18-6-3-12-27-18)25-10-8-24(9-11-25)20-16-4-1-2-5-17(16)22-19(23-20)15-7-13-28-14-15/h1-2,4-5,7,13-14,18H,3,6,8-12H2. The molecule has 3 aromatic rings. The van der Waals surface area contributed by atoms with Gasteiger partial charge in [-0.1, -0.05) is 12.1 Å². The Bertz CT molecular complexity index is 977. The number of rotatable bonds is 3. The molecule has 2 saturated heterocycles. The minimum atomic E-state index is -0.239. The van der Waals surface area contributed by atoms with Crippen LogP contribution in [0, 0.1) is 0 Å². The maximum Gasteiger partial charge on any atom is 0.251 e. The Balaban J connectivity index is 1.41. The van der Waals surface area contributed by atoms with Crippen molar-refractivity contribution in [3.63, 3.8) is 0 Å². The molecule has 144 valence electrons. The van der Waals surface area contributed by atoms with Gasteiger partial charge < -0.3 is 14.5 Å². The van der Waals surface area contributed by atoms with Crippen molar-refractivity contribution in [1.29, 1.82) is 0 Å². The number of hydrogen-bond donors (Lipinski definition) is 0. The minimum Gasteiger partial charge on any atom is -0.368 e. The molecule has 4 heterocycles. The number of thiophene rings is 1. The maximum absolute atomic E-state index is 12.6. The molecule has 28 heavy (non-hydrogen) atoms. The molecule has 0 saturated carbocycles. The van der Waals surface area contributed by atoms with Crippen molar-refractivity contribution in [2.75, 3.05) is 37.7 Å². The lowest BCUT2D eigenvalue weighted by Crippen LogP contribution is -2.51. The van der Waals surface area contributed by atoms with Crippen molar-refractivity contribution < 1.29 is 9.53 Å². The molecule has 5 rings (SSSR count). The van der Waals surface area contributed by atoms with Gasteiger partial charge in [-0.25, -0.2) is 9.97 Å². The van der Waals surface area contributed by atoms with Gasteiger partial charge in [0.2, 0.25) is 0 Å². The number of aromatic nitrogens is 2. The Hall–Kier alpha value is -2.51. The fraction of sp³-hybridized carbons (Fsp3) is 0.381. The molecular formula is C21H22N4O2S. The average molecular weight is 395 g/mol. The average Bonchev–Trinajstić information content (AvgIpc) is 3.47. The van der Waals surface area contributed by atoms with Crippen molar-refractivity contribution in [2.45, 2.75) is 18.9 Å². The van der Waals surface area contributed by atoms with Crippen LogP contribution < -0.4 is 4.90 Å². The zero-order valence-corrected chi connectivity index (χ0v) is 16.4. The van der Waals surface area contributed by atoms with E-state index in [1.54, 1.807) is 11.3 Å². The number of fused-ring (bicyclic) bond motifs is 1. The van der Waals surface area contributed by atoms with E-state index in [1.165, 1.54) is 0 Å². The summed E-state index contributed by atoms with van der Waals surface area (Å²) in [5.41, 5.74) is 2.00. The highest BCUT2D eigenvalue weighted by molar-refractivity contribution is 7.08. The summed E-state index contributed by atoms with van der Waals surface area (Å²) in [6.07, 6.45) is 1.59. The molecule has 0 spiro atoms. The fourth-order valence-electron chi connectivity index (χ4n) is 3.94. The first-order valence-electron chi connectivity index (χ1n) is 9.74. The second-order valence-electron chi connectivity index (χ2n) is 7.21. The first kappa shape index (κ1) is 17.6. The number of piperazine rings is 1. The molecule has 7 heteroatoms. The van der Waals surface area contributed by atoms with Crippen LogP contribution in [0.15, 0.2) is 41.1 Å². The Labute approximate surface area is 167 Å². The van der Waals surface area contributed by atoms with E-state index in [-0.39, 0.29) is 12.0 Å². The van der Waals surface area contributed by atoms with Crippen molar-refractivity contribution in [3.8, 4) is 11.4 Å². The number of para-hydroxylation sites is 1. The number of benzene rings is 1. The predicted octanol–water partition coefficient (Wildman–Crippen LogP) is 3.19. The lowest BCUT2D eigenvalue weighted by Gasteiger charge is -2.36. The monoisotopic (exact) mass is 394 g/mol. The van der Waals surface area contributed by atoms with Gasteiger partial charge in [-0.2, -0.15) is 11.3 Å². The third kappa shape index (κ3) is 3.25. The normalized spacial score (nSPS) is 20.1. The molecule has 0 aliphatic carbocycles. The van der Waals surface area contributed by atoms with Gasteiger partial charge in [-0.05, 0) is 36.4 Å². The Morgan fingerprint density at radius 2 is 1.96 bits per heavy atom. The van der Waals surface area contributed by atoms with Gasteiger partial charge in [-0.3, -0.25) is 4.79 Å². The van der Waals surface area contributed by atoms with E-state index in [2.05, 4.69) is 22.4 Å². The topological polar surface area (TPSA) is 58.6 Å². The maximum atomic E-state index is 12.6. The van der Waals surface area contributed by atoms with Gasteiger partial charge in [0.25, 0.3) is 5.91 Å². The fourth-order valence-corrected chi connectivity index (χ4v) is 4.57. The van der Waals surface area contributed by atoms with Crippen LogP contribution in [0.5, 0.6) is 0 Å². The molecule has 2 aliphatic rings. The lowest BCUT2D eigenvalue weighted by atomic mass is 10.1. The molecular weight excluding hydrogens is 372 g/mol. The molecule has 1 atom stereocenters. The van der Waals surface area contributed by atoms with Gasteiger partial charge in [0.1, 0.15) is 11.9 Å². The summed E-state index contributed by atoms with van der Waals surface area (Å²) in [5, 5.41) is 5.18. The summed E-state index contributed by atoms with van der Waals surface area (Å²) >= 11 is 1.65. The first-order valence-corrected chi connectivity index (χ1v) is 10.7. The number of hydrogen-bond acceptors (Lipinski definition) is 6. The predicted molar refractivity (Wildman–Crippen MR) is 111 cm³/mol. The van der Waals surface area contributed by atoms with E-state index >= 15 is 0 Å². The number of ether oxygens (including phenoxy) is 1. The van der Waals surface area contributed by atoms with Crippen LogP contribution >= 0.6 is 11.3 Å². The van der Waals surface area contributed by atoms with E-state index in [4.69, 9.17) is 14.7 Å². The van der Waals surface area contributed by atoms with E-state index in [0.717, 1.165) is 54.0 Å². The first-order chi connectivity index (χ1) is 13.8. The zero-order chi connectivity index (χ0) is 18.9. The summed E-state index contributed by atoms with van der Waals surface area (Å²) in [6.45, 7) is 3.63. The van der Waals surface area contributed by atoms with Crippen LogP contribution in [0.25, 0.3) is 22.3 Å². The van der Waals surface area contributed by atoms with E-state index in [9.17, 15) is 4.79 Å². The number of anilines is 1. The summed E-state index contributed by atoms with van der Waals surface area (Å²) in [5.74, 6) is 1.85. The summed E-state index contributed by atoms with van der Waals surface area (Å²) in [4.78, 5) is 26.5. The molecule has 1 unspecified atom stereocenters. The molecule has 2 aromatic heterocycles. The largest absolute Gasteiger partial charge is 0.368 e. The molecule has 2 aliphatic heterocycles. The van der Waals surface area contributed by atoms with Crippen LogP contribution in [-0.4, -0.2) is 59.7 Å². The van der Waals surface area contributed by atoms with E-state index in [0.29, 0.717) is 19.7 Å². The van der Waals surface area contributed by atoms with Crippen molar-refractivity contribution in [1.82, 2.24) is 14.9 Å². The molecule has 2 fully saturated rings. The van der Waals surface area contributed by atoms with Crippen molar-refractivity contribution in [3.05, 3.63) is 41.1 Å². The highest BCUT2D eigenvalue weighted by Crippen LogP contribution is 2.29. The number of amides is 1. The summed E-state index contributed by atoms with van der Waals surface area (Å²) < 4.78 is 5.57. The Morgan fingerprint density at radius 1 is 1.11 bits per heavy atom. The highest BCUT2D eigenvalue weighted by atomic mass is 32.1. The van der Waals surface area contributed by atoms with Crippen LogP contribution in [0.4, 0.5) is 5.82 Å². The number of carbonyl (C=O) groups excluding carboxylic acids is 1. The highest BCUT2D eigenvalue weighted by Gasteiger charge is 2.31. The zero-order valence-electron chi connectivity index (χ0n) is 15.6. The van der Waals surface area contributed by atoms with Crippen LogP contribution in [0.2, 0.25) is 0 Å². The van der Waals surface area contributed by atoms with Crippen LogP contribution in [0.3, 0.4) is 0 Å². The minimum absolute atomic E-state index is 0.142. The van der Waals surface area contributed by atoms with Crippen LogP contribution in [-0.2, 0) is 9.53 Å². The quantitative estimate of drug-likeness (QED) is 0.683. The number of nitrogens with zero attached hydrogens (tertiary/aromatic N) is 4. The smallest absolute Gasteiger partial charge is 0.251 e. The molecule has 6 nitrogen and oxygen atoms in total. The summed E-state index contributed by atoms with van der Waals surface area (Å²) in [6, 6.07) is 10.2. The summed E-state index contributed by atoms with van der Waals surface area (Å²) in [7, 11) is 0. The van der Waals surface area contributed by atoms with Gasteiger partial charge >= 0.3 is 0 Å².